The molecule has 3 rings (SSSR count). The molecular weight excluding hydrogens is 283 g/mol. The number of fused-ring (bicyclic) bond motifs is 1. The molecular formula is C13H8ClFN4O. The Morgan fingerprint density at radius 3 is 2.65 bits per heavy atom. The van der Waals surface area contributed by atoms with Gasteiger partial charge in [-0.1, -0.05) is 0 Å². The van der Waals surface area contributed by atoms with Gasteiger partial charge in [-0.05, 0) is 41.3 Å². The Kier molecular flexibility index (Phi) is 3.30. The molecule has 0 bridgehead atoms. The summed E-state index contributed by atoms with van der Waals surface area (Å²) in [6.45, 7) is 0. The second kappa shape index (κ2) is 5.26. The van der Waals surface area contributed by atoms with Gasteiger partial charge in [0.25, 0.3) is 0 Å². The number of halogens is 2. The second-order valence-corrected chi connectivity index (χ2v) is 4.32. The van der Waals surface area contributed by atoms with Crippen molar-refractivity contribution < 1.29 is 9.47 Å². The van der Waals surface area contributed by atoms with Crippen LogP contribution in [0.1, 0.15) is 0 Å². The van der Waals surface area contributed by atoms with Crippen molar-refractivity contribution in [3.63, 3.8) is 0 Å². The van der Waals surface area contributed by atoms with Gasteiger partial charge in [0.2, 0.25) is 5.28 Å². The van der Waals surface area contributed by atoms with Crippen LogP contribution in [0.15, 0.2) is 42.9 Å². The number of hydrogen-bond acceptors (Lipinski definition) is 5. The molecule has 0 aliphatic heterocycles. The van der Waals surface area contributed by atoms with Gasteiger partial charge in [-0.2, -0.15) is 0 Å². The maximum Gasteiger partial charge on any atom is 0.222 e. The topological polar surface area (TPSA) is 59.9 Å². The fraction of sp³-hybridized carbons (Fsp3) is 0. The minimum absolute atomic E-state index is 0.143. The zero-order valence-corrected chi connectivity index (χ0v) is 10.8. The predicted molar refractivity (Wildman–Crippen MR) is 73.8 cm³/mol. The lowest BCUT2D eigenvalue weighted by Crippen LogP contribution is -1.96. The molecule has 20 heavy (non-hydrogen) atoms. The monoisotopic (exact) mass is 290 g/mol. The highest BCUT2D eigenvalue weighted by Gasteiger charge is 2.05. The maximum absolute atomic E-state index is 12.2. The quantitative estimate of drug-likeness (QED) is 0.746. The minimum atomic E-state index is 0.143. The van der Waals surface area contributed by atoms with Gasteiger partial charge in [0, 0.05) is 16.1 Å². The highest BCUT2D eigenvalue weighted by molar-refractivity contribution is 6.28. The average Bonchev–Trinajstić information content (AvgIpc) is 2.49. The lowest BCUT2D eigenvalue weighted by Gasteiger charge is -2.08. The molecule has 7 heteroatoms. The number of rotatable bonds is 3. The van der Waals surface area contributed by atoms with E-state index in [1.165, 1.54) is 6.07 Å². The van der Waals surface area contributed by atoms with Crippen molar-refractivity contribution in [2.75, 3.05) is 5.32 Å². The lowest BCUT2D eigenvalue weighted by atomic mass is 10.1. The van der Waals surface area contributed by atoms with E-state index in [2.05, 4.69) is 25.2 Å². The summed E-state index contributed by atoms with van der Waals surface area (Å²) in [5.74, 6) is 0.753. The first kappa shape index (κ1) is 12.6. The highest BCUT2D eigenvalue weighted by Crippen LogP contribution is 2.27. The first-order chi connectivity index (χ1) is 9.76. The third-order valence-electron chi connectivity index (χ3n) is 2.71. The molecule has 0 atom stereocenters. The van der Waals surface area contributed by atoms with Crippen LogP contribution in [0, 0.1) is 0 Å². The SMILES string of the molecule is FOc1ccc2c(Nc3cnc(Cl)nc3)nccc2c1. The Morgan fingerprint density at radius 1 is 1.10 bits per heavy atom. The van der Waals surface area contributed by atoms with Gasteiger partial charge in [0.1, 0.15) is 5.82 Å². The number of pyridine rings is 1. The molecule has 0 fully saturated rings. The van der Waals surface area contributed by atoms with E-state index in [1.54, 1.807) is 36.8 Å². The van der Waals surface area contributed by atoms with Crippen molar-refractivity contribution in [1.82, 2.24) is 15.0 Å². The van der Waals surface area contributed by atoms with Crippen LogP contribution in [0.3, 0.4) is 0 Å². The molecule has 2 heterocycles. The van der Waals surface area contributed by atoms with Crippen LogP contribution in [0.2, 0.25) is 5.28 Å². The summed E-state index contributed by atoms with van der Waals surface area (Å²) in [6, 6.07) is 6.59. The summed E-state index contributed by atoms with van der Waals surface area (Å²) < 4.78 is 12.2. The average molecular weight is 291 g/mol. The molecule has 3 aromatic rings. The molecule has 0 aliphatic rings. The van der Waals surface area contributed by atoms with E-state index in [0.29, 0.717) is 11.5 Å². The largest absolute Gasteiger partial charge is 0.337 e. The highest BCUT2D eigenvalue weighted by atomic mass is 35.5. The molecule has 100 valence electrons. The number of aromatic nitrogens is 3. The van der Waals surface area contributed by atoms with Gasteiger partial charge in [-0.15, -0.1) is 0 Å². The van der Waals surface area contributed by atoms with Crippen molar-refractivity contribution in [1.29, 1.82) is 0 Å². The number of benzene rings is 1. The van der Waals surface area contributed by atoms with Gasteiger partial charge in [-0.25, -0.2) is 15.0 Å². The molecule has 0 unspecified atom stereocenters. The first-order valence-corrected chi connectivity index (χ1v) is 6.06. The third kappa shape index (κ3) is 2.46. The zero-order valence-electron chi connectivity index (χ0n) is 10.0. The number of anilines is 2. The molecule has 0 saturated carbocycles. The Hall–Kier alpha value is -2.47. The second-order valence-electron chi connectivity index (χ2n) is 3.99. The molecule has 0 amide bonds. The molecule has 0 aliphatic carbocycles. The Balaban J connectivity index is 2.01. The molecule has 0 radical (unpaired) electrons. The number of nitrogens with zero attached hydrogens (tertiary/aromatic N) is 3. The normalized spacial score (nSPS) is 10.5. The molecule has 5 nitrogen and oxygen atoms in total. The van der Waals surface area contributed by atoms with Gasteiger partial charge >= 0.3 is 0 Å². The third-order valence-corrected chi connectivity index (χ3v) is 2.90. The standard InChI is InChI=1S/C13H8ClFN4O/c14-13-17-6-9(7-18-13)19-12-11-2-1-10(20-15)5-8(11)3-4-16-12/h1-7H,(H,16,19). The van der Waals surface area contributed by atoms with Crippen LogP contribution in [0.25, 0.3) is 10.8 Å². The van der Waals surface area contributed by atoms with Crippen molar-refractivity contribution in [2.45, 2.75) is 0 Å². The summed E-state index contributed by atoms with van der Waals surface area (Å²) in [5.41, 5.74) is 0.653. The predicted octanol–water partition coefficient (Wildman–Crippen LogP) is 3.69. The van der Waals surface area contributed by atoms with E-state index < -0.39 is 0 Å². The number of hydrogen-bond donors (Lipinski definition) is 1. The number of nitrogens with one attached hydrogen (secondary N) is 1. The fourth-order valence-electron chi connectivity index (χ4n) is 1.82. The van der Waals surface area contributed by atoms with Gasteiger partial charge in [0.15, 0.2) is 5.75 Å². The van der Waals surface area contributed by atoms with E-state index in [9.17, 15) is 4.53 Å². The van der Waals surface area contributed by atoms with E-state index in [0.717, 1.165) is 10.8 Å². The van der Waals surface area contributed by atoms with Gasteiger partial charge < -0.3 is 5.32 Å². The Morgan fingerprint density at radius 2 is 1.90 bits per heavy atom. The molecule has 0 spiro atoms. The fourth-order valence-corrected chi connectivity index (χ4v) is 1.91. The summed E-state index contributed by atoms with van der Waals surface area (Å²) in [4.78, 5) is 15.7. The van der Waals surface area contributed by atoms with Crippen molar-refractivity contribution >= 4 is 33.9 Å². The molecule has 0 saturated heterocycles. The van der Waals surface area contributed by atoms with E-state index in [-0.39, 0.29) is 11.0 Å². The van der Waals surface area contributed by atoms with Crippen LogP contribution in [0.5, 0.6) is 5.75 Å². The van der Waals surface area contributed by atoms with E-state index >= 15 is 0 Å². The van der Waals surface area contributed by atoms with E-state index in [4.69, 9.17) is 11.6 Å². The summed E-state index contributed by atoms with van der Waals surface area (Å²) >= 11 is 5.63. The summed E-state index contributed by atoms with van der Waals surface area (Å²) in [5, 5.41) is 4.88. The van der Waals surface area contributed by atoms with E-state index in [1.807, 2.05) is 0 Å². The Bertz CT molecular complexity index is 751. The van der Waals surface area contributed by atoms with Crippen LogP contribution in [-0.2, 0) is 0 Å². The van der Waals surface area contributed by atoms with Crippen molar-refractivity contribution in [3.05, 3.63) is 48.1 Å². The Labute approximate surface area is 118 Å². The summed E-state index contributed by atoms with van der Waals surface area (Å²) in [6.07, 6.45) is 4.72. The van der Waals surface area contributed by atoms with Crippen molar-refractivity contribution in [3.8, 4) is 5.75 Å². The first-order valence-electron chi connectivity index (χ1n) is 5.68. The molecule has 1 aromatic carbocycles. The van der Waals surface area contributed by atoms with Crippen LogP contribution < -0.4 is 10.3 Å². The zero-order chi connectivity index (χ0) is 13.9. The van der Waals surface area contributed by atoms with Crippen LogP contribution in [0.4, 0.5) is 16.0 Å². The van der Waals surface area contributed by atoms with Gasteiger partial charge in [-0.3, -0.25) is 4.94 Å². The molecule has 1 N–H and O–H groups in total. The minimum Gasteiger partial charge on any atom is -0.337 e. The molecule has 2 aromatic heterocycles. The van der Waals surface area contributed by atoms with Crippen LogP contribution >= 0.6 is 11.6 Å². The van der Waals surface area contributed by atoms with Gasteiger partial charge in [0.05, 0.1) is 18.1 Å². The lowest BCUT2D eigenvalue weighted by molar-refractivity contribution is -0.00603. The summed E-state index contributed by atoms with van der Waals surface area (Å²) in [7, 11) is 0. The van der Waals surface area contributed by atoms with Crippen molar-refractivity contribution in [2.24, 2.45) is 0 Å². The van der Waals surface area contributed by atoms with Crippen LogP contribution in [-0.4, -0.2) is 15.0 Å². The smallest absolute Gasteiger partial charge is 0.222 e. The maximum atomic E-state index is 12.2.